The molecule has 6 nitrogen and oxygen atoms in total. The number of benzene rings is 1. The highest BCUT2D eigenvalue weighted by atomic mass is 35.5. The quantitative estimate of drug-likeness (QED) is 0.675. The van der Waals surface area contributed by atoms with Gasteiger partial charge in [0, 0.05) is 10.7 Å². The molecule has 0 aliphatic heterocycles. The van der Waals surface area contributed by atoms with Crippen molar-refractivity contribution in [1.29, 1.82) is 0 Å². The molecule has 1 aromatic carbocycles. The first kappa shape index (κ1) is 12.4. The summed E-state index contributed by atoms with van der Waals surface area (Å²) in [5, 5.41) is 3.98. The van der Waals surface area contributed by atoms with E-state index in [9.17, 15) is 4.79 Å². The number of nitrogens with zero attached hydrogens (tertiary/aromatic N) is 2. The van der Waals surface area contributed by atoms with Crippen LogP contribution >= 0.6 is 11.6 Å². The van der Waals surface area contributed by atoms with Crippen molar-refractivity contribution >= 4 is 23.3 Å². The smallest absolute Gasteiger partial charge is 0.340 e. The summed E-state index contributed by atoms with van der Waals surface area (Å²) in [6.07, 6.45) is 0. The summed E-state index contributed by atoms with van der Waals surface area (Å²) >= 11 is 5.78. The van der Waals surface area contributed by atoms with Gasteiger partial charge >= 0.3 is 5.97 Å². The number of aromatic nitrogens is 2. The molecule has 18 heavy (non-hydrogen) atoms. The van der Waals surface area contributed by atoms with E-state index >= 15 is 0 Å². The van der Waals surface area contributed by atoms with Gasteiger partial charge in [-0.3, -0.25) is 0 Å². The van der Waals surface area contributed by atoms with Crippen molar-refractivity contribution in [3.05, 3.63) is 40.5 Å². The number of nitrogens with two attached hydrogens (primary N) is 1. The van der Waals surface area contributed by atoms with Crippen LogP contribution < -0.4 is 5.73 Å². The molecule has 2 rings (SSSR count). The summed E-state index contributed by atoms with van der Waals surface area (Å²) in [7, 11) is 0. The predicted molar refractivity (Wildman–Crippen MR) is 64.0 cm³/mol. The van der Waals surface area contributed by atoms with Crippen LogP contribution in [0.25, 0.3) is 0 Å². The van der Waals surface area contributed by atoms with E-state index in [0.29, 0.717) is 16.5 Å². The lowest BCUT2D eigenvalue weighted by Crippen LogP contribution is -2.08. The number of anilines is 1. The summed E-state index contributed by atoms with van der Waals surface area (Å²) in [6, 6.07) is 4.57. The van der Waals surface area contributed by atoms with Crippen LogP contribution in [0.2, 0.25) is 5.02 Å². The van der Waals surface area contributed by atoms with Crippen molar-refractivity contribution < 1.29 is 14.1 Å². The molecular formula is C11H10ClN3O3. The van der Waals surface area contributed by atoms with Gasteiger partial charge in [0.1, 0.15) is 0 Å². The number of hydrogen-bond acceptors (Lipinski definition) is 6. The molecule has 7 heteroatoms. The summed E-state index contributed by atoms with van der Waals surface area (Å²) in [5.41, 5.74) is 6.16. The molecule has 0 unspecified atom stereocenters. The number of rotatable bonds is 3. The Morgan fingerprint density at radius 1 is 1.56 bits per heavy atom. The minimum Gasteiger partial charge on any atom is -0.452 e. The van der Waals surface area contributed by atoms with Gasteiger partial charge in [-0.1, -0.05) is 16.8 Å². The highest BCUT2D eigenvalue weighted by molar-refractivity contribution is 6.31. The van der Waals surface area contributed by atoms with Gasteiger partial charge in [-0.2, -0.15) is 4.98 Å². The predicted octanol–water partition coefficient (Wildman–Crippen LogP) is 1.97. The Hall–Kier alpha value is -2.08. The van der Waals surface area contributed by atoms with Crippen LogP contribution in [-0.4, -0.2) is 16.1 Å². The molecule has 2 aromatic rings. The molecule has 0 spiro atoms. The van der Waals surface area contributed by atoms with Crippen molar-refractivity contribution in [2.75, 3.05) is 5.73 Å². The Morgan fingerprint density at radius 2 is 2.33 bits per heavy atom. The number of carbonyl (C=O) groups excluding carboxylic acids is 1. The first-order valence-corrected chi connectivity index (χ1v) is 5.45. The van der Waals surface area contributed by atoms with Gasteiger partial charge in [-0.15, -0.1) is 0 Å². The fraction of sp³-hybridized carbons (Fsp3) is 0.182. The van der Waals surface area contributed by atoms with Crippen LogP contribution in [-0.2, 0) is 11.3 Å². The Morgan fingerprint density at radius 3 is 3.00 bits per heavy atom. The second-order valence-electron chi connectivity index (χ2n) is 3.54. The monoisotopic (exact) mass is 267 g/mol. The highest BCUT2D eigenvalue weighted by Crippen LogP contribution is 2.19. The van der Waals surface area contributed by atoms with E-state index in [1.54, 1.807) is 13.0 Å². The van der Waals surface area contributed by atoms with Gasteiger partial charge in [0.2, 0.25) is 0 Å². The van der Waals surface area contributed by atoms with Gasteiger partial charge in [-0.25, -0.2) is 4.79 Å². The maximum atomic E-state index is 11.7. The zero-order valence-electron chi connectivity index (χ0n) is 9.51. The third kappa shape index (κ3) is 2.78. The first-order valence-electron chi connectivity index (χ1n) is 5.07. The second kappa shape index (κ2) is 5.05. The Bertz CT molecular complexity index is 583. The van der Waals surface area contributed by atoms with Crippen molar-refractivity contribution in [1.82, 2.24) is 10.1 Å². The molecule has 0 radical (unpaired) electrons. The molecule has 0 fully saturated rings. The number of nitrogen functional groups attached to an aromatic ring is 1. The van der Waals surface area contributed by atoms with E-state index in [0.717, 1.165) is 0 Å². The van der Waals surface area contributed by atoms with Gasteiger partial charge in [0.05, 0.1) is 5.56 Å². The number of aryl methyl sites for hydroxylation is 1. The van der Waals surface area contributed by atoms with Crippen LogP contribution in [0.5, 0.6) is 0 Å². The van der Waals surface area contributed by atoms with Gasteiger partial charge in [-0.05, 0) is 25.1 Å². The van der Waals surface area contributed by atoms with E-state index in [4.69, 9.17) is 26.6 Å². The van der Waals surface area contributed by atoms with Gasteiger partial charge < -0.3 is 15.0 Å². The number of halogens is 1. The SMILES string of the molecule is Cc1noc(COC(=O)c2cc(Cl)ccc2N)n1. The van der Waals surface area contributed by atoms with E-state index < -0.39 is 5.97 Å². The molecule has 0 bridgehead atoms. The molecule has 0 aliphatic carbocycles. The average Bonchev–Trinajstić information content (AvgIpc) is 2.75. The van der Waals surface area contributed by atoms with Crippen molar-refractivity contribution in [2.45, 2.75) is 13.5 Å². The van der Waals surface area contributed by atoms with Crippen LogP contribution in [0.4, 0.5) is 5.69 Å². The number of hydrogen-bond donors (Lipinski definition) is 1. The Balaban J connectivity index is 2.05. The summed E-state index contributed by atoms with van der Waals surface area (Å²) in [5.74, 6) is 0.107. The zero-order chi connectivity index (χ0) is 13.1. The molecule has 0 aliphatic rings. The van der Waals surface area contributed by atoms with Crippen LogP contribution in [0, 0.1) is 6.92 Å². The van der Waals surface area contributed by atoms with E-state index in [2.05, 4.69) is 10.1 Å². The maximum absolute atomic E-state index is 11.7. The topological polar surface area (TPSA) is 91.2 Å². The zero-order valence-corrected chi connectivity index (χ0v) is 10.3. The van der Waals surface area contributed by atoms with Crippen molar-refractivity contribution in [3.8, 4) is 0 Å². The molecule has 0 atom stereocenters. The highest BCUT2D eigenvalue weighted by Gasteiger charge is 2.13. The average molecular weight is 268 g/mol. The third-order valence-electron chi connectivity index (χ3n) is 2.13. The molecule has 1 aromatic heterocycles. The van der Waals surface area contributed by atoms with Crippen molar-refractivity contribution in [3.63, 3.8) is 0 Å². The minimum absolute atomic E-state index is 0.106. The van der Waals surface area contributed by atoms with Gasteiger partial charge in [0.25, 0.3) is 5.89 Å². The summed E-state index contributed by atoms with van der Waals surface area (Å²) in [4.78, 5) is 15.7. The maximum Gasteiger partial charge on any atom is 0.340 e. The summed E-state index contributed by atoms with van der Waals surface area (Å²) < 4.78 is 9.80. The third-order valence-corrected chi connectivity index (χ3v) is 2.37. The summed E-state index contributed by atoms with van der Waals surface area (Å²) in [6.45, 7) is 1.56. The number of carbonyl (C=O) groups is 1. The molecule has 94 valence electrons. The normalized spacial score (nSPS) is 10.3. The van der Waals surface area contributed by atoms with E-state index in [-0.39, 0.29) is 18.1 Å². The van der Waals surface area contributed by atoms with Gasteiger partial charge in [0.15, 0.2) is 12.4 Å². The van der Waals surface area contributed by atoms with Crippen molar-refractivity contribution in [2.24, 2.45) is 0 Å². The van der Waals surface area contributed by atoms with E-state index in [1.807, 2.05) is 0 Å². The molecule has 1 heterocycles. The lowest BCUT2D eigenvalue weighted by molar-refractivity contribution is 0.0431. The van der Waals surface area contributed by atoms with Crippen LogP contribution in [0.3, 0.4) is 0 Å². The first-order chi connectivity index (χ1) is 8.56. The lowest BCUT2D eigenvalue weighted by atomic mass is 10.2. The molecule has 0 saturated carbocycles. The fourth-order valence-electron chi connectivity index (χ4n) is 1.31. The lowest BCUT2D eigenvalue weighted by Gasteiger charge is -2.05. The van der Waals surface area contributed by atoms with E-state index in [1.165, 1.54) is 12.1 Å². The fourth-order valence-corrected chi connectivity index (χ4v) is 1.48. The molecular weight excluding hydrogens is 258 g/mol. The van der Waals surface area contributed by atoms with Crippen LogP contribution in [0.1, 0.15) is 22.1 Å². The molecule has 0 saturated heterocycles. The second-order valence-corrected chi connectivity index (χ2v) is 3.98. The standard InChI is InChI=1S/C11H10ClN3O3/c1-6-14-10(18-15-6)5-17-11(16)8-4-7(12)2-3-9(8)13/h2-4H,5,13H2,1H3. The number of esters is 1. The molecule has 0 amide bonds. The Labute approximate surface area is 108 Å². The minimum atomic E-state index is -0.592. The number of ether oxygens (including phenoxy) is 1. The Kier molecular flexibility index (Phi) is 3.47. The largest absolute Gasteiger partial charge is 0.452 e. The molecule has 2 N–H and O–H groups in total. The van der Waals surface area contributed by atoms with Crippen LogP contribution in [0.15, 0.2) is 22.7 Å².